The molecule has 2 aromatic rings. The van der Waals surface area contributed by atoms with Crippen molar-refractivity contribution in [2.45, 2.75) is 71.6 Å². The number of nitrogens with zero attached hydrogens (tertiary/aromatic N) is 4. The van der Waals surface area contributed by atoms with Gasteiger partial charge in [-0.05, 0) is 111 Å². The summed E-state index contributed by atoms with van der Waals surface area (Å²) in [6, 6.07) is 6.85. The zero-order chi connectivity index (χ0) is 27.0. The standard InChI is InChI=1S/C31H38N6O2/c1-30-13-7-23(34-36-28(38)20-9-15-32-16-10-20)19-22(30)3-4-24-25-5-6-27(31(25,2)14-8-26(24)30)35-37-29(39)21-11-17-33-18-12-21/h9-12,15-18,22,24-26H,3-8,13-14,19H2,1-2H3,(H,36,38)(H,37,39)/t22-,24+,25+,26-,30-,31+/m0/s1. The predicted molar refractivity (Wildman–Crippen MR) is 150 cm³/mol. The number of aromatic nitrogens is 2. The molecule has 2 heterocycles. The normalized spacial score (nSPS) is 35.5. The van der Waals surface area contributed by atoms with Crippen molar-refractivity contribution < 1.29 is 9.59 Å². The lowest BCUT2D eigenvalue weighted by Crippen LogP contribution is -2.53. The van der Waals surface area contributed by atoms with Crippen LogP contribution in [0.2, 0.25) is 0 Å². The third kappa shape index (κ3) is 4.68. The maximum atomic E-state index is 12.6. The van der Waals surface area contributed by atoms with Crippen molar-refractivity contribution in [3.8, 4) is 0 Å². The highest BCUT2D eigenvalue weighted by molar-refractivity contribution is 5.97. The number of hydrazone groups is 2. The number of rotatable bonds is 4. The van der Waals surface area contributed by atoms with Gasteiger partial charge < -0.3 is 0 Å². The van der Waals surface area contributed by atoms with Gasteiger partial charge in [0.05, 0.1) is 0 Å². The number of carbonyl (C=O) groups is 2. The van der Waals surface area contributed by atoms with Gasteiger partial charge in [-0.25, -0.2) is 10.9 Å². The van der Waals surface area contributed by atoms with Crippen molar-refractivity contribution in [1.29, 1.82) is 0 Å². The topological polar surface area (TPSA) is 109 Å². The van der Waals surface area contributed by atoms with Crippen LogP contribution in [0.3, 0.4) is 0 Å². The Hall–Kier alpha value is -3.42. The molecule has 2 amide bonds. The van der Waals surface area contributed by atoms with E-state index in [0.717, 1.165) is 44.2 Å². The lowest BCUT2D eigenvalue weighted by molar-refractivity contribution is -0.0815. The Kier molecular flexibility index (Phi) is 6.81. The largest absolute Gasteiger partial charge is 0.271 e. The summed E-state index contributed by atoms with van der Waals surface area (Å²) in [5.41, 5.74) is 9.45. The number of pyridine rings is 2. The molecule has 8 nitrogen and oxygen atoms in total. The molecule has 4 fully saturated rings. The van der Waals surface area contributed by atoms with Crippen LogP contribution < -0.4 is 10.9 Å². The lowest BCUT2D eigenvalue weighted by Gasteiger charge is -2.59. The average Bonchev–Trinajstić information content (AvgIpc) is 3.31. The summed E-state index contributed by atoms with van der Waals surface area (Å²) < 4.78 is 0. The van der Waals surface area contributed by atoms with E-state index in [0.29, 0.717) is 40.2 Å². The first-order valence-corrected chi connectivity index (χ1v) is 14.4. The second-order valence-corrected chi connectivity index (χ2v) is 12.4. The molecule has 39 heavy (non-hydrogen) atoms. The SMILES string of the molecule is C[C@]12CCC(=NNC(=O)c3ccncc3)C[C@@H]1CC[C@@H]1[C@H]3CCC(=NNC(=O)c4ccncc4)[C@]3(C)CC[C@@H]12. The van der Waals surface area contributed by atoms with Gasteiger partial charge in [-0.3, -0.25) is 19.6 Å². The van der Waals surface area contributed by atoms with Crippen LogP contribution in [0, 0.1) is 34.5 Å². The minimum Gasteiger partial charge on any atom is -0.267 e. The molecule has 0 spiro atoms. The van der Waals surface area contributed by atoms with Gasteiger partial charge in [-0.1, -0.05) is 13.8 Å². The van der Waals surface area contributed by atoms with Crippen molar-refractivity contribution in [1.82, 2.24) is 20.8 Å². The molecule has 4 aliphatic carbocycles. The van der Waals surface area contributed by atoms with Crippen molar-refractivity contribution in [3.63, 3.8) is 0 Å². The summed E-state index contributed by atoms with van der Waals surface area (Å²) in [6.45, 7) is 4.92. The molecule has 6 rings (SSSR count). The van der Waals surface area contributed by atoms with Gasteiger partial charge in [-0.15, -0.1) is 0 Å². The first-order chi connectivity index (χ1) is 18.9. The molecule has 0 bridgehead atoms. The fourth-order valence-corrected chi connectivity index (χ4v) is 8.52. The van der Waals surface area contributed by atoms with E-state index in [1.807, 2.05) is 0 Å². The van der Waals surface area contributed by atoms with Crippen LogP contribution in [-0.4, -0.2) is 33.2 Å². The number of hydrogen-bond acceptors (Lipinski definition) is 6. The van der Waals surface area contributed by atoms with Crippen LogP contribution in [0.5, 0.6) is 0 Å². The Bertz CT molecular complexity index is 1290. The van der Waals surface area contributed by atoms with E-state index in [4.69, 9.17) is 5.10 Å². The lowest BCUT2D eigenvalue weighted by atomic mass is 9.45. The Morgan fingerprint density at radius 2 is 1.44 bits per heavy atom. The molecule has 6 atom stereocenters. The van der Waals surface area contributed by atoms with Crippen molar-refractivity contribution in [2.75, 3.05) is 0 Å². The minimum atomic E-state index is -0.177. The molecule has 8 heteroatoms. The van der Waals surface area contributed by atoms with Crippen LogP contribution >= 0.6 is 0 Å². The fourth-order valence-electron chi connectivity index (χ4n) is 8.52. The molecule has 204 valence electrons. The Morgan fingerprint density at radius 1 is 0.795 bits per heavy atom. The van der Waals surface area contributed by atoms with Gasteiger partial charge in [0.2, 0.25) is 0 Å². The third-order valence-electron chi connectivity index (χ3n) is 10.7. The van der Waals surface area contributed by atoms with E-state index < -0.39 is 0 Å². The van der Waals surface area contributed by atoms with Crippen molar-refractivity contribution in [2.24, 2.45) is 44.7 Å². The first kappa shape index (κ1) is 25.8. The zero-order valence-electron chi connectivity index (χ0n) is 22.9. The quantitative estimate of drug-likeness (QED) is 0.521. The number of nitrogens with one attached hydrogen (secondary N) is 2. The van der Waals surface area contributed by atoms with Gasteiger partial charge in [0, 0.05) is 52.8 Å². The highest BCUT2D eigenvalue weighted by Crippen LogP contribution is 2.65. The Balaban J connectivity index is 1.12. The third-order valence-corrected chi connectivity index (χ3v) is 10.7. The molecule has 0 radical (unpaired) electrons. The summed E-state index contributed by atoms with van der Waals surface area (Å²) in [7, 11) is 0. The van der Waals surface area contributed by atoms with E-state index >= 15 is 0 Å². The molecule has 0 saturated heterocycles. The molecule has 0 unspecified atom stereocenters. The molecule has 0 aromatic carbocycles. The Morgan fingerprint density at radius 3 is 2.10 bits per heavy atom. The summed E-state index contributed by atoms with van der Waals surface area (Å²) in [4.78, 5) is 33.0. The molecule has 4 saturated carbocycles. The molecule has 2 aromatic heterocycles. The molecular weight excluding hydrogens is 488 g/mol. The summed E-state index contributed by atoms with van der Waals surface area (Å²) >= 11 is 0. The van der Waals surface area contributed by atoms with Gasteiger partial charge >= 0.3 is 0 Å². The van der Waals surface area contributed by atoms with Gasteiger partial charge in [0.1, 0.15) is 0 Å². The van der Waals surface area contributed by atoms with Gasteiger partial charge in [-0.2, -0.15) is 10.2 Å². The number of fused-ring (bicyclic) bond motifs is 5. The zero-order valence-corrected chi connectivity index (χ0v) is 22.9. The van der Waals surface area contributed by atoms with E-state index in [1.54, 1.807) is 49.1 Å². The number of hydrogen-bond donors (Lipinski definition) is 2. The van der Waals surface area contributed by atoms with Crippen LogP contribution in [-0.2, 0) is 0 Å². The van der Waals surface area contributed by atoms with Gasteiger partial charge in [0.15, 0.2) is 0 Å². The highest BCUT2D eigenvalue weighted by atomic mass is 16.2. The van der Waals surface area contributed by atoms with E-state index in [-0.39, 0.29) is 17.2 Å². The van der Waals surface area contributed by atoms with Crippen molar-refractivity contribution in [3.05, 3.63) is 60.2 Å². The summed E-state index contributed by atoms with van der Waals surface area (Å²) in [6.07, 6.45) is 16.5. The smallest absolute Gasteiger partial charge is 0.267 e. The molecule has 4 aliphatic rings. The van der Waals surface area contributed by atoms with E-state index in [9.17, 15) is 9.59 Å². The van der Waals surface area contributed by atoms with Crippen LogP contribution in [0.4, 0.5) is 0 Å². The van der Waals surface area contributed by atoms with Gasteiger partial charge in [0.25, 0.3) is 11.8 Å². The summed E-state index contributed by atoms with van der Waals surface area (Å²) in [5, 5.41) is 9.26. The van der Waals surface area contributed by atoms with Crippen LogP contribution in [0.1, 0.15) is 92.4 Å². The number of carbonyl (C=O) groups excluding carboxylic acids is 2. The van der Waals surface area contributed by atoms with E-state index in [2.05, 4.69) is 39.8 Å². The Labute approximate surface area is 230 Å². The minimum absolute atomic E-state index is 0.0639. The molecular formula is C31H38N6O2. The summed E-state index contributed by atoms with van der Waals surface area (Å²) in [5.74, 6) is 2.31. The van der Waals surface area contributed by atoms with Crippen LogP contribution in [0.15, 0.2) is 59.3 Å². The second kappa shape index (κ2) is 10.3. The second-order valence-electron chi connectivity index (χ2n) is 12.4. The number of amides is 2. The maximum absolute atomic E-state index is 12.6. The van der Waals surface area contributed by atoms with E-state index in [1.165, 1.54) is 25.0 Å². The molecule has 2 N–H and O–H groups in total. The van der Waals surface area contributed by atoms with Crippen molar-refractivity contribution >= 4 is 23.2 Å². The average molecular weight is 527 g/mol. The first-order valence-electron chi connectivity index (χ1n) is 14.4. The maximum Gasteiger partial charge on any atom is 0.271 e. The fraction of sp³-hybridized carbons (Fsp3) is 0.548. The molecule has 0 aliphatic heterocycles. The monoisotopic (exact) mass is 526 g/mol. The highest BCUT2D eigenvalue weighted by Gasteiger charge is 2.59. The van der Waals surface area contributed by atoms with Crippen LogP contribution in [0.25, 0.3) is 0 Å². The predicted octanol–water partition coefficient (Wildman–Crippen LogP) is 5.39.